The first kappa shape index (κ1) is 37.5. The van der Waals surface area contributed by atoms with Gasteiger partial charge >= 0.3 is 269 Å². The van der Waals surface area contributed by atoms with E-state index in [-0.39, 0.29) is 47.9 Å². The number of hydrogen-bond acceptors (Lipinski definition) is 6. The molecule has 0 aliphatic carbocycles. The number of hydrogen-bond donors (Lipinski definition) is 4. The Hall–Kier alpha value is -3.32. The van der Waals surface area contributed by atoms with Crippen LogP contribution in [0.5, 0.6) is 0 Å². The normalized spacial score (nSPS) is 11.6. The zero-order valence-corrected chi connectivity index (χ0v) is 31.6. The first-order valence-electron chi connectivity index (χ1n) is 15.4. The van der Waals surface area contributed by atoms with Crippen molar-refractivity contribution in [3.63, 3.8) is 0 Å². The molecule has 0 heterocycles. The van der Waals surface area contributed by atoms with Crippen LogP contribution in [0.4, 0.5) is 11.4 Å². The summed E-state index contributed by atoms with van der Waals surface area (Å²) in [5, 5.41) is 5.73. The summed E-state index contributed by atoms with van der Waals surface area (Å²) < 4.78 is 56.9. The Balaban J connectivity index is 1.40. The molecule has 48 heavy (non-hydrogen) atoms. The molecule has 0 fully saturated rings. The number of carbonyl (C=O) groups excluding carboxylic acids is 2. The molecule has 4 aromatic rings. The van der Waals surface area contributed by atoms with Crippen molar-refractivity contribution in [3.8, 4) is 0 Å². The predicted octanol–water partition coefficient (Wildman–Crippen LogP) is 3.62. The fourth-order valence-electron chi connectivity index (χ4n) is 4.31. The van der Waals surface area contributed by atoms with E-state index in [1.165, 1.54) is 24.3 Å². The molecule has 4 N–H and O–H groups in total. The quantitative estimate of drug-likeness (QED) is 0.0945. The molecule has 0 saturated heterocycles. The van der Waals surface area contributed by atoms with Crippen molar-refractivity contribution >= 4 is 78.4 Å². The van der Waals surface area contributed by atoms with E-state index in [2.05, 4.69) is 20.1 Å². The molecule has 0 bridgehead atoms. The first-order chi connectivity index (χ1) is 23.0. The third-order valence-corrected chi connectivity index (χ3v) is 17.2. The van der Waals surface area contributed by atoms with Gasteiger partial charge in [-0.25, -0.2) is 0 Å². The van der Waals surface area contributed by atoms with E-state index in [0.29, 0.717) is 35.6 Å². The van der Waals surface area contributed by atoms with Crippen molar-refractivity contribution in [2.75, 3.05) is 23.7 Å². The van der Waals surface area contributed by atoms with Gasteiger partial charge in [-0.2, -0.15) is 0 Å². The molecule has 0 radical (unpaired) electrons. The van der Waals surface area contributed by atoms with Gasteiger partial charge in [0.05, 0.1) is 0 Å². The molecule has 0 aliphatic heterocycles. The second-order valence-electron chi connectivity index (χ2n) is 10.6. The Morgan fingerprint density at radius 1 is 0.542 bits per heavy atom. The van der Waals surface area contributed by atoms with Crippen LogP contribution in [0, 0.1) is 0 Å². The number of unbranched alkanes of at least 4 members (excludes halogenated alkanes) is 2. The molecule has 0 aromatic heterocycles. The van der Waals surface area contributed by atoms with E-state index >= 15 is 0 Å². The monoisotopic (exact) mass is 822 g/mol. The fourth-order valence-corrected chi connectivity index (χ4v) is 13.6. The Labute approximate surface area is 293 Å². The van der Waals surface area contributed by atoms with Crippen molar-refractivity contribution in [2.24, 2.45) is 0 Å². The molecule has 0 unspecified atom stereocenters. The minimum absolute atomic E-state index is 0.130. The van der Waals surface area contributed by atoms with Crippen LogP contribution in [0.2, 0.25) is 0 Å². The number of benzene rings is 4. The van der Waals surface area contributed by atoms with E-state index in [0.717, 1.165) is 34.6 Å². The van der Waals surface area contributed by atoms with Crippen molar-refractivity contribution in [1.29, 1.82) is 0 Å². The summed E-state index contributed by atoms with van der Waals surface area (Å²) in [6.45, 7) is 4.70. The number of rotatable bonds is 17. The topological polar surface area (TPSA) is 151 Å². The van der Waals surface area contributed by atoms with E-state index in [1.54, 1.807) is 48.5 Å². The average molecular weight is 821 g/mol. The summed E-state index contributed by atoms with van der Waals surface area (Å²) in [4.78, 5) is 26.9. The van der Waals surface area contributed by atoms with Gasteiger partial charge < -0.3 is 0 Å². The molecule has 2 amide bonds. The third kappa shape index (κ3) is 10.6. The van der Waals surface area contributed by atoms with Gasteiger partial charge in [0.2, 0.25) is 0 Å². The van der Waals surface area contributed by atoms with Crippen LogP contribution >= 0.6 is 0 Å². The number of anilines is 2. The summed E-state index contributed by atoms with van der Waals surface area (Å²) in [5.41, 5.74) is 1.97. The molecule has 4 aromatic carbocycles. The minimum atomic E-state index is -3.62. The van der Waals surface area contributed by atoms with Crippen LogP contribution in [-0.4, -0.2) is 68.0 Å². The van der Waals surface area contributed by atoms with Crippen LogP contribution in [0.15, 0.2) is 107 Å². The molecule has 0 aliphatic rings. The molecule has 254 valence electrons. The number of nitrogens with one attached hydrogen (secondary N) is 4. The van der Waals surface area contributed by atoms with Gasteiger partial charge in [-0.3, -0.25) is 0 Å². The summed E-state index contributed by atoms with van der Waals surface area (Å²) in [5.74, 6) is -0.617. The Morgan fingerprint density at radius 2 is 0.896 bits per heavy atom. The van der Waals surface area contributed by atoms with Gasteiger partial charge in [0, 0.05) is 0 Å². The second kappa shape index (κ2) is 17.9. The predicted molar refractivity (Wildman–Crippen MR) is 193 cm³/mol. The summed E-state index contributed by atoms with van der Waals surface area (Å²) in [7, 11) is -7.24. The first-order valence-corrected chi connectivity index (χ1v) is 24.4. The number of sulfonamides is 2. The van der Waals surface area contributed by atoms with Gasteiger partial charge in [-0.1, -0.05) is 26.7 Å². The molecule has 0 atom stereocenters. The standard InChI is InChI=1S/C34H38N4O6S2Se2/c1-3-5-23-35-45(41,42)27-19-15-25(16-20-27)37-33(39)29-11-7-9-13-31(29)47-48-32-14-10-8-12-30(32)34(40)38-26-17-21-28(22-18-26)46(43,44)36-24-6-4-2/h7-22,35-36H,3-6,23-24H2,1-2H3,(H,37,39)(H,38,40). The number of amides is 2. The van der Waals surface area contributed by atoms with Crippen LogP contribution < -0.4 is 29.0 Å². The molecule has 14 heteroatoms. The van der Waals surface area contributed by atoms with Gasteiger partial charge in [0.25, 0.3) is 0 Å². The molecule has 0 spiro atoms. The Kier molecular flexibility index (Phi) is 14.0. The molecule has 10 nitrogen and oxygen atoms in total. The van der Waals surface area contributed by atoms with Crippen molar-refractivity contribution in [3.05, 3.63) is 108 Å². The molecular weight excluding hydrogens is 782 g/mol. The van der Waals surface area contributed by atoms with Crippen LogP contribution in [0.25, 0.3) is 0 Å². The summed E-state index contributed by atoms with van der Waals surface area (Å²) >= 11 is -0.305. The zero-order valence-electron chi connectivity index (χ0n) is 26.6. The Morgan fingerprint density at radius 3 is 1.25 bits per heavy atom. The third-order valence-electron chi connectivity index (χ3n) is 6.97. The van der Waals surface area contributed by atoms with Gasteiger partial charge in [0.15, 0.2) is 0 Å². The Bertz CT molecular complexity index is 1780. The molecular formula is C34H38N4O6S2Se2. The molecule has 4 rings (SSSR count). The van der Waals surface area contributed by atoms with E-state index in [1.807, 2.05) is 38.1 Å². The van der Waals surface area contributed by atoms with Crippen molar-refractivity contribution < 1.29 is 26.4 Å². The summed E-state index contributed by atoms with van der Waals surface area (Å²) in [6, 6.07) is 26.8. The van der Waals surface area contributed by atoms with Gasteiger partial charge in [-0.05, 0) is 0 Å². The zero-order chi connectivity index (χ0) is 34.6. The second-order valence-corrected chi connectivity index (χ2v) is 20.3. The van der Waals surface area contributed by atoms with Gasteiger partial charge in [0.1, 0.15) is 0 Å². The van der Waals surface area contributed by atoms with E-state index in [4.69, 9.17) is 0 Å². The van der Waals surface area contributed by atoms with E-state index in [9.17, 15) is 26.4 Å². The SMILES string of the molecule is CCCCNS(=O)(=O)c1ccc(NC(=O)c2ccccc2[Se][Se]c2ccccc2C(=O)Nc2ccc(S(=O)(=O)NCCCC)cc2)cc1. The van der Waals surface area contributed by atoms with Crippen molar-refractivity contribution in [1.82, 2.24) is 9.44 Å². The van der Waals surface area contributed by atoms with Crippen molar-refractivity contribution in [2.45, 2.75) is 49.3 Å². The maximum absolute atomic E-state index is 13.3. The van der Waals surface area contributed by atoms with E-state index < -0.39 is 20.0 Å². The van der Waals surface area contributed by atoms with Crippen LogP contribution in [-0.2, 0) is 20.0 Å². The number of carbonyl (C=O) groups is 2. The van der Waals surface area contributed by atoms with Crippen LogP contribution in [0.3, 0.4) is 0 Å². The average Bonchev–Trinajstić information content (AvgIpc) is 3.08. The fraction of sp³-hybridized carbons (Fsp3) is 0.235. The maximum atomic E-state index is 13.3. The van der Waals surface area contributed by atoms with Gasteiger partial charge in [-0.15, -0.1) is 0 Å². The summed E-state index contributed by atoms with van der Waals surface area (Å²) in [6.07, 6.45) is 3.25. The van der Waals surface area contributed by atoms with Crippen LogP contribution in [0.1, 0.15) is 60.2 Å². The molecule has 0 saturated carbocycles.